The van der Waals surface area contributed by atoms with E-state index in [1.165, 1.54) is 11.3 Å². The van der Waals surface area contributed by atoms with Gasteiger partial charge in [-0.1, -0.05) is 60.1 Å². The van der Waals surface area contributed by atoms with Crippen LogP contribution in [-0.2, 0) is 4.74 Å². The molecule has 0 fully saturated rings. The molecule has 4 rings (SSSR count). The van der Waals surface area contributed by atoms with Crippen molar-refractivity contribution in [3.8, 4) is 0 Å². The van der Waals surface area contributed by atoms with Crippen molar-refractivity contribution in [3.63, 3.8) is 0 Å². The van der Waals surface area contributed by atoms with Gasteiger partial charge in [0.1, 0.15) is 0 Å². The van der Waals surface area contributed by atoms with Gasteiger partial charge in [0.15, 0.2) is 6.61 Å². The standard InChI is InChI=1S/C21H13ClO3S/c22-19-10-9-18(26-19)17(23)12-25-21(24)20-15-7-3-1-5-13(15)11-14-6-2-4-8-16(14)20/h1-11H,12H2. The van der Waals surface area contributed by atoms with Gasteiger partial charge in [-0.15, -0.1) is 11.3 Å². The normalized spacial score (nSPS) is 11.0. The number of benzene rings is 3. The topological polar surface area (TPSA) is 43.4 Å². The Morgan fingerprint density at radius 1 is 0.885 bits per heavy atom. The van der Waals surface area contributed by atoms with Crippen molar-refractivity contribution in [2.24, 2.45) is 0 Å². The maximum absolute atomic E-state index is 12.8. The molecule has 3 nitrogen and oxygen atoms in total. The molecule has 0 aliphatic heterocycles. The van der Waals surface area contributed by atoms with E-state index >= 15 is 0 Å². The summed E-state index contributed by atoms with van der Waals surface area (Å²) in [5.41, 5.74) is 0.482. The van der Waals surface area contributed by atoms with Gasteiger partial charge in [0.05, 0.1) is 14.8 Å². The first-order valence-electron chi connectivity index (χ1n) is 7.99. The van der Waals surface area contributed by atoms with Crippen LogP contribution in [0.2, 0.25) is 4.34 Å². The number of fused-ring (bicyclic) bond motifs is 2. The largest absolute Gasteiger partial charge is 0.454 e. The van der Waals surface area contributed by atoms with Gasteiger partial charge in [-0.25, -0.2) is 4.79 Å². The maximum Gasteiger partial charge on any atom is 0.339 e. The fraction of sp³-hybridized carbons (Fsp3) is 0.0476. The van der Waals surface area contributed by atoms with Crippen molar-refractivity contribution < 1.29 is 14.3 Å². The highest BCUT2D eigenvalue weighted by Crippen LogP contribution is 2.29. The van der Waals surface area contributed by atoms with Crippen molar-refractivity contribution >= 4 is 56.2 Å². The second kappa shape index (κ2) is 6.90. The summed E-state index contributed by atoms with van der Waals surface area (Å²) in [5, 5.41) is 3.52. The SMILES string of the molecule is O=C(COC(=O)c1c2ccccc2cc2ccccc12)c1ccc(Cl)s1. The third-order valence-corrected chi connectivity index (χ3v) is 5.43. The van der Waals surface area contributed by atoms with Crippen LogP contribution < -0.4 is 0 Å². The Bertz CT molecular complexity index is 1090. The third kappa shape index (κ3) is 3.09. The van der Waals surface area contributed by atoms with Gasteiger partial charge >= 0.3 is 5.97 Å². The van der Waals surface area contributed by atoms with E-state index < -0.39 is 5.97 Å². The van der Waals surface area contributed by atoms with Crippen LogP contribution in [0.1, 0.15) is 20.0 Å². The van der Waals surface area contributed by atoms with Crippen LogP contribution in [0.3, 0.4) is 0 Å². The highest BCUT2D eigenvalue weighted by Gasteiger charge is 2.18. The Balaban J connectivity index is 1.70. The molecule has 0 aliphatic carbocycles. The van der Waals surface area contributed by atoms with Crippen molar-refractivity contribution in [1.29, 1.82) is 0 Å². The van der Waals surface area contributed by atoms with E-state index in [1.54, 1.807) is 12.1 Å². The van der Waals surface area contributed by atoms with Crippen molar-refractivity contribution in [3.05, 3.63) is 81.5 Å². The Hall–Kier alpha value is -2.69. The summed E-state index contributed by atoms with van der Waals surface area (Å²) < 4.78 is 5.87. The van der Waals surface area contributed by atoms with E-state index in [0.29, 0.717) is 14.8 Å². The number of hydrogen-bond acceptors (Lipinski definition) is 4. The van der Waals surface area contributed by atoms with Crippen LogP contribution in [0.5, 0.6) is 0 Å². The number of ketones is 1. The Morgan fingerprint density at radius 2 is 1.50 bits per heavy atom. The molecule has 0 unspecified atom stereocenters. The van der Waals surface area contributed by atoms with E-state index in [9.17, 15) is 9.59 Å². The number of thiophene rings is 1. The predicted molar refractivity (Wildman–Crippen MR) is 105 cm³/mol. The lowest BCUT2D eigenvalue weighted by atomic mass is 9.97. The lowest BCUT2D eigenvalue weighted by Crippen LogP contribution is -2.14. The third-order valence-electron chi connectivity index (χ3n) is 4.16. The molecule has 4 aromatic rings. The molecule has 5 heteroatoms. The average molecular weight is 381 g/mol. The number of Topliss-reactive ketones (excluding diaryl/α,β-unsaturated/α-hetero) is 1. The van der Waals surface area contributed by atoms with Crippen molar-refractivity contribution in [2.75, 3.05) is 6.61 Å². The lowest BCUT2D eigenvalue weighted by molar-refractivity contribution is 0.0479. The summed E-state index contributed by atoms with van der Waals surface area (Å²) in [6, 6.07) is 20.6. The van der Waals surface area contributed by atoms with Gasteiger partial charge in [0.25, 0.3) is 0 Å². The van der Waals surface area contributed by atoms with Crippen LogP contribution in [0, 0.1) is 0 Å². The van der Waals surface area contributed by atoms with Crippen LogP contribution >= 0.6 is 22.9 Å². The first-order valence-corrected chi connectivity index (χ1v) is 9.19. The summed E-state index contributed by atoms with van der Waals surface area (Å²) in [5.74, 6) is -0.770. The molecular weight excluding hydrogens is 368 g/mol. The molecule has 1 aromatic heterocycles. The number of hydrogen-bond donors (Lipinski definition) is 0. The molecule has 0 N–H and O–H groups in total. The first-order chi connectivity index (χ1) is 12.6. The molecule has 0 saturated carbocycles. The number of carbonyl (C=O) groups excluding carboxylic acids is 2. The number of rotatable bonds is 4. The molecule has 0 spiro atoms. The zero-order valence-electron chi connectivity index (χ0n) is 13.6. The smallest absolute Gasteiger partial charge is 0.339 e. The quantitative estimate of drug-likeness (QED) is 0.257. The molecule has 0 atom stereocenters. The van der Waals surface area contributed by atoms with E-state index in [4.69, 9.17) is 16.3 Å². The van der Waals surface area contributed by atoms with Crippen LogP contribution in [-0.4, -0.2) is 18.4 Å². The summed E-state index contributed by atoms with van der Waals surface area (Å²) in [7, 11) is 0. The zero-order valence-corrected chi connectivity index (χ0v) is 15.1. The molecule has 0 radical (unpaired) electrons. The van der Waals surface area contributed by atoms with Gasteiger partial charge in [-0.2, -0.15) is 0 Å². The second-order valence-electron chi connectivity index (χ2n) is 5.80. The lowest BCUT2D eigenvalue weighted by Gasteiger charge is -2.11. The summed E-state index contributed by atoms with van der Waals surface area (Å²) in [6.45, 7) is -0.312. The Morgan fingerprint density at radius 3 is 2.08 bits per heavy atom. The highest BCUT2D eigenvalue weighted by molar-refractivity contribution is 7.18. The van der Waals surface area contributed by atoms with Gasteiger partial charge in [-0.3, -0.25) is 4.79 Å². The summed E-state index contributed by atoms with van der Waals surface area (Å²) in [4.78, 5) is 25.5. The van der Waals surface area contributed by atoms with Gasteiger partial charge in [0, 0.05) is 0 Å². The first kappa shape index (κ1) is 16.8. The van der Waals surface area contributed by atoms with Gasteiger partial charge in [0.2, 0.25) is 5.78 Å². The molecule has 0 aliphatic rings. The van der Waals surface area contributed by atoms with Crippen LogP contribution in [0.4, 0.5) is 0 Å². The monoisotopic (exact) mass is 380 g/mol. The Kier molecular flexibility index (Phi) is 4.45. The van der Waals surface area contributed by atoms with Crippen LogP contribution in [0.25, 0.3) is 21.5 Å². The minimum Gasteiger partial charge on any atom is -0.454 e. The highest BCUT2D eigenvalue weighted by atomic mass is 35.5. The molecule has 0 amide bonds. The minimum absolute atomic E-state index is 0.264. The molecule has 1 heterocycles. The molecule has 3 aromatic carbocycles. The van der Waals surface area contributed by atoms with E-state index in [1.807, 2.05) is 54.6 Å². The molecule has 0 saturated heterocycles. The van der Waals surface area contributed by atoms with E-state index in [-0.39, 0.29) is 12.4 Å². The molecule has 128 valence electrons. The number of halogens is 1. The fourth-order valence-corrected chi connectivity index (χ4v) is 3.94. The van der Waals surface area contributed by atoms with Crippen molar-refractivity contribution in [2.45, 2.75) is 0 Å². The fourth-order valence-electron chi connectivity index (χ4n) is 2.97. The average Bonchev–Trinajstić information content (AvgIpc) is 3.10. The summed E-state index contributed by atoms with van der Waals surface area (Å²) >= 11 is 7.03. The minimum atomic E-state index is -0.506. The van der Waals surface area contributed by atoms with Gasteiger partial charge < -0.3 is 4.74 Å². The zero-order chi connectivity index (χ0) is 18.1. The van der Waals surface area contributed by atoms with E-state index in [2.05, 4.69) is 0 Å². The Labute approximate surface area is 158 Å². The number of ether oxygens (including phenoxy) is 1. The number of esters is 1. The second-order valence-corrected chi connectivity index (χ2v) is 7.51. The molecule has 0 bridgehead atoms. The van der Waals surface area contributed by atoms with Gasteiger partial charge in [-0.05, 0) is 39.7 Å². The van der Waals surface area contributed by atoms with E-state index in [0.717, 1.165) is 21.5 Å². The van der Waals surface area contributed by atoms with Crippen molar-refractivity contribution in [1.82, 2.24) is 0 Å². The van der Waals surface area contributed by atoms with Crippen LogP contribution in [0.15, 0.2) is 66.7 Å². The molecular formula is C21H13ClO3S. The maximum atomic E-state index is 12.8. The summed E-state index contributed by atoms with van der Waals surface area (Å²) in [6.07, 6.45) is 0. The molecule has 26 heavy (non-hydrogen) atoms. The number of carbonyl (C=O) groups is 2. The predicted octanol–water partition coefficient (Wildman–Crippen LogP) is 5.75.